The Kier molecular flexibility index (Phi) is 1.21. The second-order valence-electron chi connectivity index (χ2n) is 0.896. The molecule has 1 aliphatic heterocycles. The van der Waals surface area contributed by atoms with Crippen LogP contribution in [0.4, 0.5) is 0 Å². The molecule has 0 N–H and O–H groups in total. The normalized spacial score (nSPS) is 27.1. The Morgan fingerprint density at radius 2 is 2.57 bits per heavy atom. The van der Waals surface area contributed by atoms with Gasteiger partial charge in [0.05, 0.1) is 0 Å². The van der Waals surface area contributed by atoms with Crippen molar-refractivity contribution in [3.8, 4) is 0 Å². The summed E-state index contributed by atoms with van der Waals surface area (Å²) >= 11 is -1.46. The van der Waals surface area contributed by atoms with Gasteiger partial charge in [0.2, 0.25) is 0 Å². The molecule has 4 heteroatoms. The van der Waals surface area contributed by atoms with Gasteiger partial charge in [0.1, 0.15) is 6.26 Å². The summed E-state index contributed by atoms with van der Waals surface area (Å²) in [5.41, 5.74) is 0. The standard InChI is InChI=1S/C3H3NO2S/c5-7-4-2-1-3-6-7/h1-3H. The summed E-state index contributed by atoms with van der Waals surface area (Å²) in [4.78, 5) is 0. The lowest BCUT2D eigenvalue weighted by Crippen LogP contribution is -1.89. The van der Waals surface area contributed by atoms with Crippen LogP contribution in [0.25, 0.3) is 0 Å². The minimum absolute atomic E-state index is 1.34. The Hall–Kier alpha value is -0.640. The van der Waals surface area contributed by atoms with Crippen molar-refractivity contribution < 1.29 is 8.39 Å². The lowest BCUT2D eigenvalue weighted by molar-refractivity contribution is 0.505. The van der Waals surface area contributed by atoms with E-state index in [9.17, 15) is 4.21 Å². The Labute approximate surface area is 43.5 Å². The van der Waals surface area contributed by atoms with Gasteiger partial charge in [-0.25, -0.2) is 0 Å². The van der Waals surface area contributed by atoms with Gasteiger partial charge >= 0.3 is 11.3 Å². The van der Waals surface area contributed by atoms with Crippen LogP contribution < -0.4 is 0 Å². The molecule has 0 aromatic rings. The van der Waals surface area contributed by atoms with Gasteiger partial charge in [0, 0.05) is 6.21 Å². The third kappa shape index (κ3) is 1.12. The van der Waals surface area contributed by atoms with Crippen molar-refractivity contribution >= 4 is 17.5 Å². The van der Waals surface area contributed by atoms with E-state index >= 15 is 0 Å². The molecule has 7 heavy (non-hydrogen) atoms. The molecule has 1 atom stereocenters. The van der Waals surface area contributed by atoms with Crippen LogP contribution in [0.3, 0.4) is 0 Å². The van der Waals surface area contributed by atoms with Gasteiger partial charge in [0.15, 0.2) is 0 Å². The zero-order chi connectivity index (χ0) is 5.11. The summed E-state index contributed by atoms with van der Waals surface area (Å²) in [5.74, 6) is 0. The molecule has 0 amide bonds. The summed E-state index contributed by atoms with van der Waals surface area (Å²) in [6.45, 7) is 0. The molecular formula is C3H3NO2S. The maximum atomic E-state index is 10.1. The highest BCUT2D eigenvalue weighted by Gasteiger charge is 1.91. The molecular weight excluding hydrogens is 114 g/mol. The summed E-state index contributed by atoms with van der Waals surface area (Å²) in [7, 11) is 0. The van der Waals surface area contributed by atoms with Crippen LogP contribution in [0, 0.1) is 0 Å². The summed E-state index contributed by atoms with van der Waals surface area (Å²) in [6, 6.07) is 0. The Morgan fingerprint density at radius 3 is 2.86 bits per heavy atom. The van der Waals surface area contributed by atoms with Crippen molar-refractivity contribution in [2.24, 2.45) is 4.40 Å². The fourth-order valence-electron chi connectivity index (χ4n) is 0.224. The molecule has 0 saturated heterocycles. The molecule has 3 nitrogen and oxygen atoms in total. The highest BCUT2D eigenvalue weighted by atomic mass is 32.2. The van der Waals surface area contributed by atoms with Crippen LogP contribution >= 0.6 is 0 Å². The second kappa shape index (κ2) is 1.88. The fourth-order valence-corrected chi connectivity index (χ4v) is 0.603. The predicted octanol–water partition coefficient (Wildman–Crippen LogP) is 0.180. The SMILES string of the molecule is O=S1N=CC=CO1. The smallest absolute Gasteiger partial charge is 0.338 e. The monoisotopic (exact) mass is 117 g/mol. The zero-order valence-corrected chi connectivity index (χ0v) is 4.22. The van der Waals surface area contributed by atoms with E-state index in [4.69, 9.17) is 0 Å². The Balaban J connectivity index is 2.66. The van der Waals surface area contributed by atoms with E-state index in [1.165, 1.54) is 12.5 Å². The van der Waals surface area contributed by atoms with Gasteiger partial charge in [-0.3, -0.25) is 0 Å². The first kappa shape index (κ1) is 4.52. The van der Waals surface area contributed by atoms with Crippen molar-refractivity contribution in [2.45, 2.75) is 0 Å². The average Bonchev–Trinajstić information content (AvgIpc) is 1.69. The van der Waals surface area contributed by atoms with Crippen LogP contribution in [0.2, 0.25) is 0 Å². The predicted molar refractivity (Wildman–Crippen MR) is 26.9 cm³/mol. The van der Waals surface area contributed by atoms with Gasteiger partial charge in [-0.2, -0.15) is 8.61 Å². The van der Waals surface area contributed by atoms with Crippen LogP contribution in [-0.4, -0.2) is 10.4 Å². The number of hydrogen-bond acceptors (Lipinski definition) is 2. The molecule has 0 spiro atoms. The number of hydrogen-bond donors (Lipinski definition) is 0. The van der Waals surface area contributed by atoms with Crippen molar-refractivity contribution in [2.75, 3.05) is 0 Å². The molecule has 0 aromatic carbocycles. The summed E-state index contributed by atoms with van der Waals surface area (Å²) in [5, 5.41) is 0. The number of allylic oxidation sites excluding steroid dienone is 1. The van der Waals surface area contributed by atoms with Crippen LogP contribution in [0.15, 0.2) is 16.7 Å². The van der Waals surface area contributed by atoms with Gasteiger partial charge in [-0.1, -0.05) is 0 Å². The summed E-state index contributed by atoms with van der Waals surface area (Å²) < 4.78 is 17.8. The molecule has 1 heterocycles. The Morgan fingerprint density at radius 1 is 1.71 bits per heavy atom. The molecule has 0 radical (unpaired) electrons. The molecule has 0 aromatic heterocycles. The van der Waals surface area contributed by atoms with Crippen molar-refractivity contribution in [1.82, 2.24) is 0 Å². The van der Waals surface area contributed by atoms with Gasteiger partial charge < -0.3 is 4.18 Å². The topological polar surface area (TPSA) is 38.7 Å². The molecule has 1 unspecified atom stereocenters. The quantitative estimate of drug-likeness (QED) is 0.454. The number of rotatable bonds is 0. The molecule has 0 bridgehead atoms. The maximum Gasteiger partial charge on any atom is 0.338 e. The molecule has 0 saturated carbocycles. The van der Waals surface area contributed by atoms with Gasteiger partial charge in [-0.05, 0) is 6.08 Å². The van der Waals surface area contributed by atoms with Crippen molar-refractivity contribution in [3.63, 3.8) is 0 Å². The van der Waals surface area contributed by atoms with E-state index in [0.717, 1.165) is 0 Å². The molecule has 0 fully saturated rings. The number of nitrogens with zero attached hydrogens (tertiary/aromatic N) is 1. The highest BCUT2D eigenvalue weighted by molar-refractivity contribution is 7.79. The first-order valence-electron chi connectivity index (χ1n) is 1.68. The molecule has 1 rings (SSSR count). The van der Waals surface area contributed by atoms with Gasteiger partial charge in [-0.15, -0.1) is 0 Å². The fraction of sp³-hybridized carbons (Fsp3) is 0. The van der Waals surface area contributed by atoms with E-state index in [0.29, 0.717) is 0 Å². The first-order chi connectivity index (χ1) is 3.39. The first-order valence-corrected chi connectivity index (χ1v) is 2.71. The van der Waals surface area contributed by atoms with Crippen LogP contribution in [-0.2, 0) is 15.4 Å². The lowest BCUT2D eigenvalue weighted by Gasteiger charge is -1.92. The Bertz CT molecular complexity index is 140. The van der Waals surface area contributed by atoms with Crippen molar-refractivity contribution in [1.29, 1.82) is 0 Å². The molecule has 1 aliphatic rings. The zero-order valence-electron chi connectivity index (χ0n) is 3.40. The maximum absolute atomic E-state index is 10.1. The van der Waals surface area contributed by atoms with E-state index in [2.05, 4.69) is 8.58 Å². The van der Waals surface area contributed by atoms with E-state index in [1.54, 1.807) is 6.08 Å². The van der Waals surface area contributed by atoms with Crippen LogP contribution in [0.1, 0.15) is 0 Å². The second-order valence-corrected chi connectivity index (χ2v) is 1.73. The van der Waals surface area contributed by atoms with E-state index < -0.39 is 11.3 Å². The van der Waals surface area contributed by atoms with E-state index in [-0.39, 0.29) is 0 Å². The third-order valence-electron chi connectivity index (χ3n) is 0.449. The van der Waals surface area contributed by atoms with E-state index in [1.807, 2.05) is 0 Å². The minimum Gasteiger partial charge on any atom is -0.392 e. The van der Waals surface area contributed by atoms with Crippen LogP contribution in [0.5, 0.6) is 0 Å². The minimum atomic E-state index is -1.46. The van der Waals surface area contributed by atoms with Crippen molar-refractivity contribution in [3.05, 3.63) is 12.3 Å². The largest absolute Gasteiger partial charge is 0.392 e. The summed E-state index contributed by atoms with van der Waals surface area (Å²) in [6.07, 6.45) is 4.34. The highest BCUT2D eigenvalue weighted by Crippen LogP contribution is 1.91. The average molecular weight is 117 g/mol. The lowest BCUT2D eigenvalue weighted by atomic mass is 10.7. The van der Waals surface area contributed by atoms with Gasteiger partial charge in [0.25, 0.3) is 0 Å². The third-order valence-corrected chi connectivity index (χ3v) is 1.02. The molecule has 0 aliphatic carbocycles. The molecule has 38 valence electrons.